The summed E-state index contributed by atoms with van der Waals surface area (Å²) in [6, 6.07) is 8.76. The van der Waals surface area contributed by atoms with Crippen LogP contribution in [0.5, 0.6) is 5.75 Å². The molecule has 1 aliphatic rings. The molecule has 0 aromatic heterocycles. The number of hydrogen-bond acceptors (Lipinski definition) is 8. The number of nitrogens with one attached hydrogen (secondary N) is 4. The Morgan fingerprint density at radius 2 is 1.72 bits per heavy atom. The second-order valence-corrected chi connectivity index (χ2v) is 12.7. The van der Waals surface area contributed by atoms with Crippen molar-refractivity contribution in [2.45, 2.75) is 68.0 Å². The number of carbonyl (C=O) groups excluding carboxylic acids is 3. The van der Waals surface area contributed by atoms with Gasteiger partial charge in [-0.15, -0.1) is 0 Å². The number of halogens is 1. The van der Waals surface area contributed by atoms with Crippen molar-refractivity contribution in [1.29, 1.82) is 0 Å². The minimum Gasteiger partial charge on any atom is -0.496 e. The smallest absolute Gasteiger partial charge is 0.328 e. The van der Waals surface area contributed by atoms with E-state index in [4.69, 9.17) is 38.0 Å². The van der Waals surface area contributed by atoms with Gasteiger partial charge in [0.1, 0.15) is 17.9 Å². The first-order valence-electron chi connectivity index (χ1n) is 14.4. The molecule has 0 aliphatic heterocycles. The maximum Gasteiger partial charge on any atom is 0.328 e. The first kappa shape index (κ1) is 38.8. The zero-order chi connectivity index (χ0) is 33.0. The summed E-state index contributed by atoms with van der Waals surface area (Å²) in [5, 5.41) is 17.3. The van der Waals surface area contributed by atoms with Crippen molar-refractivity contribution < 1.29 is 53.3 Å². The van der Waals surface area contributed by atoms with Gasteiger partial charge in [0.2, 0.25) is 0 Å². The van der Waals surface area contributed by atoms with Gasteiger partial charge in [-0.05, 0) is 87.4 Å². The van der Waals surface area contributed by atoms with Crippen LogP contribution in [0.25, 0.3) is 5.41 Å². The summed E-state index contributed by atoms with van der Waals surface area (Å²) in [6.45, 7) is 0.653. The number of methoxy groups -OCH3 is 1. The standard InChI is InChI=1S/C29H39ClN7O7S.W/c1-43-25-13-6-19(30)17-23(25)26(38)34-16-14-18-4-11-22(12-5-18)45(41,42)37-29(40)36-20-7-9-21(10-8-20)44-27(39)24(31)3-2-15-35-28(32)33;/h4-6,11-13,17,20-21,24H,2-3,7-10,14-16,31H2,1H3,(H6-,32,33,34,35,36,37,38,40);/q-1;/t20?,21?,24-;/m0./s1. The number of esters is 1. The minimum absolute atomic E-state index is 0. The van der Waals surface area contributed by atoms with Gasteiger partial charge in [-0.25, -0.2) is 17.9 Å². The molecule has 2 aromatic carbocycles. The van der Waals surface area contributed by atoms with Gasteiger partial charge in [0, 0.05) is 44.6 Å². The number of rotatable bonds is 14. The second kappa shape index (κ2) is 18.7. The van der Waals surface area contributed by atoms with Gasteiger partial charge in [0.25, 0.3) is 15.9 Å². The maximum absolute atomic E-state index is 12.8. The molecular weight excluding hydrogens is 810 g/mol. The Morgan fingerprint density at radius 3 is 2.35 bits per heavy atom. The average molecular weight is 849 g/mol. The van der Waals surface area contributed by atoms with Crippen LogP contribution in [0.4, 0.5) is 4.79 Å². The third kappa shape index (κ3) is 12.4. The summed E-state index contributed by atoms with van der Waals surface area (Å²) in [4.78, 5) is 37.2. The molecule has 252 valence electrons. The van der Waals surface area contributed by atoms with E-state index in [1.165, 1.54) is 25.3 Å². The van der Waals surface area contributed by atoms with Gasteiger partial charge in [-0.3, -0.25) is 9.59 Å². The molecule has 1 aliphatic carbocycles. The number of sulfonamides is 1. The first-order chi connectivity index (χ1) is 21.4. The van der Waals surface area contributed by atoms with Crippen molar-refractivity contribution in [3.8, 4) is 5.75 Å². The molecule has 8 N–H and O–H groups in total. The Bertz CT molecular complexity index is 1460. The fraction of sp³-hybridized carbons (Fsp3) is 0.448. The number of carbonyl (C=O) groups is 3. The van der Waals surface area contributed by atoms with Crippen LogP contribution < -0.4 is 36.9 Å². The number of ether oxygens (including phenoxy) is 2. The number of amides is 3. The van der Waals surface area contributed by atoms with Crippen LogP contribution in [0.1, 0.15) is 54.4 Å². The second-order valence-electron chi connectivity index (χ2n) is 10.5. The summed E-state index contributed by atoms with van der Waals surface area (Å²) >= 11 is 5.99. The van der Waals surface area contributed by atoms with E-state index in [1.807, 2.05) is 4.72 Å². The number of nitrogens with zero attached hydrogens (tertiary/aromatic N) is 1. The van der Waals surface area contributed by atoms with Gasteiger partial charge in [0.05, 0.1) is 17.6 Å². The fourth-order valence-corrected chi connectivity index (χ4v) is 5.82. The van der Waals surface area contributed by atoms with Gasteiger partial charge >= 0.3 is 12.0 Å². The van der Waals surface area contributed by atoms with Crippen molar-refractivity contribution in [1.82, 2.24) is 20.7 Å². The molecule has 0 unspecified atom stereocenters. The van der Waals surface area contributed by atoms with Gasteiger partial charge in [-0.2, -0.15) is 0 Å². The first-order valence-corrected chi connectivity index (χ1v) is 16.3. The molecule has 3 rings (SSSR count). The zero-order valence-electron chi connectivity index (χ0n) is 25.3. The summed E-state index contributed by atoms with van der Waals surface area (Å²) in [6.07, 6.45) is 2.91. The maximum atomic E-state index is 12.8. The van der Waals surface area contributed by atoms with E-state index in [0.717, 1.165) is 5.56 Å². The molecule has 0 spiro atoms. The molecule has 17 heteroatoms. The van der Waals surface area contributed by atoms with E-state index < -0.39 is 34.0 Å². The molecule has 0 saturated heterocycles. The number of nitrogens with two attached hydrogens (primary N) is 2. The van der Waals surface area contributed by atoms with Crippen LogP contribution in [0, 0.1) is 0 Å². The largest absolute Gasteiger partial charge is 0.496 e. The predicted molar refractivity (Wildman–Crippen MR) is 169 cm³/mol. The molecule has 1 fully saturated rings. The van der Waals surface area contributed by atoms with Crippen molar-refractivity contribution in [3.05, 3.63) is 64.0 Å². The summed E-state index contributed by atoms with van der Waals surface area (Å²) in [5.74, 6) is -0.882. The Kier molecular flexibility index (Phi) is 15.8. The molecule has 0 radical (unpaired) electrons. The summed E-state index contributed by atoms with van der Waals surface area (Å²) < 4.78 is 38.2. The van der Waals surface area contributed by atoms with Crippen LogP contribution in [0.2, 0.25) is 5.02 Å². The molecule has 1 atom stereocenters. The number of guanidine groups is 1. The van der Waals surface area contributed by atoms with Gasteiger partial charge in [0.15, 0.2) is 0 Å². The molecule has 3 amide bonds. The Hall–Kier alpha value is -3.39. The van der Waals surface area contributed by atoms with Crippen LogP contribution >= 0.6 is 11.6 Å². The van der Waals surface area contributed by atoms with E-state index >= 15 is 0 Å². The Balaban J connectivity index is 0.00000736. The third-order valence-electron chi connectivity index (χ3n) is 7.16. The predicted octanol–water partition coefficient (Wildman–Crippen LogP) is 1.74. The Labute approximate surface area is 287 Å². The normalized spacial score (nSPS) is 16.6. The number of hydrogen-bond donors (Lipinski definition) is 6. The molecule has 0 heterocycles. The van der Waals surface area contributed by atoms with Crippen molar-refractivity contribution in [3.63, 3.8) is 0 Å². The van der Waals surface area contributed by atoms with Crippen molar-refractivity contribution in [2.24, 2.45) is 11.5 Å². The van der Waals surface area contributed by atoms with Crippen LogP contribution in [0.3, 0.4) is 0 Å². The molecule has 14 nitrogen and oxygen atoms in total. The zero-order valence-corrected chi connectivity index (χ0v) is 29.8. The quantitative estimate of drug-likeness (QED) is 0.0699. The van der Waals surface area contributed by atoms with Crippen LogP contribution in [0.15, 0.2) is 47.4 Å². The van der Waals surface area contributed by atoms with E-state index in [-0.39, 0.29) is 50.6 Å². The molecule has 46 heavy (non-hydrogen) atoms. The van der Waals surface area contributed by atoms with Crippen LogP contribution in [-0.2, 0) is 47.0 Å². The van der Waals surface area contributed by atoms with E-state index in [9.17, 15) is 22.8 Å². The third-order valence-corrected chi connectivity index (χ3v) is 8.74. The van der Waals surface area contributed by atoms with E-state index in [0.29, 0.717) is 67.8 Å². The SMILES string of the molecule is COc1ccc(Cl)cc1C(=O)NCCc1ccc(S(=O)(=O)NC(=O)NC2CCC(OC(=O)[C@@H](N)CCCNC(=[N-])N)CC2)cc1.[W]. The molecule has 1 saturated carbocycles. The van der Waals surface area contributed by atoms with Gasteiger partial charge in [-0.1, -0.05) is 23.7 Å². The minimum atomic E-state index is -4.13. The van der Waals surface area contributed by atoms with E-state index in [2.05, 4.69) is 16.0 Å². The molecule has 2 aromatic rings. The van der Waals surface area contributed by atoms with Crippen molar-refractivity contribution in [2.75, 3.05) is 20.2 Å². The van der Waals surface area contributed by atoms with Crippen LogP contribution in [-0.4, -0.2) is 70.7 Å². The molecule has 0 bridgehead atoms. The fourth-order valence-electron chi connectivity index (χ4n) is 4.74. The summed E-state index contributed by atoms with van der Waals surface area (Å²) in [7, 11) is -2.67. The van der Waals surface area contributed by atoms with E-state index in [1.54, 1.807) is 24.3 Å². The monoisotopic (exact) mass is 848 g/mol. The number of benzene rings is 2. The summed E-state index contributed by atoms with van der Waals surface area (Å²) in [5.41, 5.74) is 12.1. The number of urea groups is 1. The average Bonchev–Trinajstić information content (AvgIpc) is 3.00. The topological polar surface area (TPSA) is 226 Å². The van der Waals surface area contributed by atoms with Gasteiger partial charge < -0.3 is 42.3 Å². The molecular formula is C29H39ClN7O7SW-. The van der Waals surface area contributed by atoms with Crippen molar-refractivity contribution >= 4 is 45.5 Å². The Morgan fingerprint density at radius 1 is 1.04 bits per heavy atom.